The Balaban J connectivity index is 1.41. The predicted molar refractivity (Wildman–Crippen MR) is 144 cm³/mol. The van der Waals surface area contributed by atoms with Gasteiger partial charge in [0.1, 0.15) is 0 Å². The summed E-state index contributed by atoms with van der Waals surface area (Å²) in [4.78, 5) is 18.9. The maximum absolute atomic E-state index is 13.0. The Hall–Kier alpha value is -3.38. The van der Waals surface area contributed by atoms with Crippen molar-refractivity contribution < 1.29 is 9.53 Å². The Labute approximate surface area is 216 Å². The summed E-state index contributed by atoms with van der Waals surface area (Å²) in [7, 11) is 1.47. The quantitative estimate of drug-likeness (QED) is 0.335. The number of ether oxygens (including phenoxy) is 1. The van der Waals surface area contributed by atoms with Gasteiger partial charge in [-0.2, -0.15) is 0 Å². The Morgan fingerprint density at radius 2 is 2.11 bits per heavy atom. The van der Waals surface area contributed by atoms with E-state index in [0.717, 1.165) is 34.5 Å². The minimum absolute atomic E-state index is 0.171. The highest BCUT2D eigenvalue weighted by molar-refractivity contribution is 7.05. The number of pyridine rings is 1. The van der Waals surface area contributed by atoms with Crippen LogP contribution in [0.1, 0.15) is 78.1 Å². The summed E-state index contributed by atoms with van der Waals surface area (Å²) < 4.78 is 9.23. The zero-order chi connectivity index (χ0) is 25.1. The molecule has 184 valence electrons. The first kappa shape index (κ1) is 24.3. The molecule has 0 N–H and O–H groups in total. The van der Waals surface area contributed by atoms with Crippen LogP contribution in [-0.2, 0) is 9.53 Å². The molecule has 0 saturated heterocycles. The van der Waals surface area contributed by atoms with Gasteiger partial charge >= 0.3 is 5.97 Å². The van der Waals surface area contributed by atoms with E-state index in [-0.39, 0.29) is 17.8 Å². The smallest absolute Gasteiger partial charge is 0.313 e. The van der Waals surface area contributed by atoms with Gasteiger partial charge in [0.25, 0.3) is 0 Å². The molecular weight excluding hydrogens is 466 g/mol. The van der Waals surface area contributed by atoms with Crippen LogP contribution in [0, 0.1) is 5.92 Å². The van der Waals surface area contributed by atoms with E-state index in [2.05, 4.69) is 72.0 Å². The average Bonchev–Trinajstić information content (AvgIpc) is 3.46. The van der Waals surface area contributed by atoms with E-state index in [0.29, 0.717) is 18.3 Å². The maximum Gasteiger partial charge on any atom is 0.313 e. The molecule has 0 radical (unpaired) electrons. The topological polar surface area (TPSA) is 65.0 Å². The number of esters is 1. The lowest BCUT2D eigenvalue weighted by Gasteiger charge is -2.28. The minimum atomic E-state index is -0.362. The highest BCUT2D eigenvalue weighted by Gasteiger charge is 2.28. The van der Waals surface area contributed by atoms with Crippen LogP contribution in [0.3, 0.4) is 0 Å². The number of hydrogen-bond acceptors (Lipinski definition) is 6. The van der Waals surface area contributed by atoms with Crippen LogP contribution in [0.5, 0.6) is 0 Å². The minimum Gasteiger partial charge on any atom is -0.469 e. The second kappa shape index (κ2) is 10.7. The molecule has 2 heterocycles. The highest BCUT2D eigenvalue weighted by atomic mass is 32.1. The van der Waals surface area contributed by atoms with Gasteiger partial charge in [0.2, 0.25) is 0 Å². The predicted octanol–water partition coefficient (Wildman–Crippen LogP) is 6.82. The van der Waals surface area contributed by atoms with E-state index in [4.69, 9.17) is 9.72 Å². The number of aromatic nitrogens is 3. The third kappa shape index (κ3) is 5.09. The van der Waals surface area contributed by atoms with Crippen LogP contribution in [0.4, 0.5) is 0 Å². The fourth-order valence-electron chi connectivity index (χ4n) is 5.19. The van der Waals surface area contributed by atoms with E-state index in [1.54, 1.807) is 0 Å². The fraction of sp³-hybridized carbons (Fsp3) is 0.333. The molecule has 1 aromatic carbocycles. The standard InChI is InChI=1S/C30H31N3O2S/c1-19(2)25-16-24-8-5-13-31-29(24)26(17-25)22-6-4-7-23(15-22)27(30(34)35-3)14-20-9-11-21(12-10-20)28-18-32-33-36-28/h4-11,13,15-16,18-19,21,26-27H,12,14,17H2,1-3H3. The van der Waals surface area contributed by atoms with Crippen molar-refractivity contribution >= 4 is 23.6 Å². The number of carbonyl (C=O) groups excluding carboxylic acids is 1. The van der Waals surface area contributed by atoms with Gasteiger partial charge in [0.15, 0.2) is 0 Å². The van der Waals surface area contributed by atoms with E-state index < -0.39 is 0 Å². The van der Waals surface area contributed by atoms with E-state index in [9.17, 15) is 4.79 Å². The number of nitrogens with zero attached hydrogens (tertiary/aromatic N) is 3. The molecule has 3 aromatic rings. The Bertz CT molecular complexity index is 1320. The third-order valence-electron chi connectivity index (χ3n) is 7.28. The first-order chi connectivity index (χ1) is 17.5. The molecule has 36 heavy (non-hydrogen) atoms. The summed E-state index contributed by atoms with van der Waals surface area (Å²) in [6, 6.07) is 12.6. The zero-order valence-corrected chi connectivity index (χ0v) is 21.7. The number of rotatable bonds is 7. The van der Waals surface area contributed by atoms with Gasteiger partial charge in [-0.15, -0.1) is 5.10 Å². The molecule has 3 unspecified atom stereocenters. The van der Waals surface area contributed by atoms with Crippen molar-refractivity contribution in [2.24, 2.45) is 5.92 Å². The second-order valence-corrected chi connectivity index (χ2v) is 10.7. The third-order valence-corrected chi connectivity index (χ3v) is 8.08. The molecule has 0 bridgehead atoms. The first-order valence-corrected chi connectivity index (χ1v) is 13.3. The average molecular weight is 498 g/mol. The van der Waals surface area contributed by atoms with Gasteiger partial charge in [-0.05, 0) is 59.5 Å². The van der Waals surface area contributed by atoms with Gasteiger partial charge in [-0.3, -0.25) is 9.78 Å². The van der Waals surface area contributed by atoms with Crippen molar-refractivity contribution in [1.29, 1.82) is 0 Å². The van der Waals surface area contributed by atoms with Gasteiger partial charge in [0.05, 0.1) is 29.8 Å². The Morgan fingerprint density at radius 1 is 1.22 bits per heavy atom. The van der Waals surface area contributed by atoms with E-state index in [1.165, 1.54) is 35.3 Å². The number of benzene rings is 1. The van der Waals surface area contributed by atoms with Crippen LogP contribution >= 0.6 is 11.5 Å². The largest absolute Gasteiger partial charge is 0.469 e. The van der Waals surface area contributed by atoms with Gasteiger partial charge < -0.3 is 4.74 Å². The molecule has 0 fully saturated rings. The monoisotopic (exact) mass is 497 g/mol. The lowest BCUT2D eigenvalue weighted by atomic mass is 9.78. The summed E-state index contributed by atoms with van der Waals surface area (Å²) in [5.41, 5.74) is 7.06. The van der Waals surface area contributed by atoms with Crippen LogP contribution in [-0.4, -0.2) is 27.7 Å². The zero-order valence-electron chi connectivity index (χ0n) is 20.9. The summed E-state index contributed by atoms with van der Waals surface area (Å²) in [5, 5.41) is 3.96. The number of methoxy groups -OCH3 is 1. The molecule has 2 aliphatic carbocycles. The highest BCUT2D eigenvalue weighted by Crippen LogP contribution is 2.40. The second-order valence-electron chi connectivity index (χ2n) is 9.86. The van der Waals surface area contributed by atoms with Crippen LogP contribution in [0.2, 0.25) is 0 Å². The van der Waals surface area contributed by atoms with Crippen LogP contribution in [0.25, 0.3) is 6.08 Å². The Kier molecular flexibility index (Phi) is 7.23. The number of hydrogen-bond donors (Lipinski definition) is 0. The molecule has 5 nitrogen and oxygen atoms in total. The summed E-state index contributed by atoms with van der Waals surface area (Å²) >= 11 is 1.44. The van der Waals surface area contributed by atoms with Crippen molar-refractivity contribution in [3.8, 4) is 0 Å². The molecule has 0 amide bonds. The lowest BCUT2D eigenvalue weighted by Crippen LogP contribution is -2.17. The number of allylic oxidation sites excluding steroid dienone is 5. The number of fused-ring (bicyclic) bond motifs is 1. The summed E-state index contributed by atoms with van der Waals surface area (Å²) in [6.45, 7) is 4.49. The molecule has 5 rings (SSSR count). The lowest BCUT2D eigenvalue weighted by molar-refractivity contribution is -0.142. The molecule has 0 saturated carbocycles. The van der Waals surface area contributed by atoms with E-state index in [1.807, 2.05) is 24.5 Å². The van der Waals surface area contributed by atoms with Gasteiger partial charge in [-0.25, -0.2) is 0 Å². The Morgan fingerprint density at radius 3 is 2.83 bits per heavy atom. The van der Waals surface area contributed by atoms with Crippen LogP contribution in [0.15, 0.2) is 78.2 Å². The SMILES string of the molecule is COC(=O)C(CC1=CCC(c2cnns2)C=C1)c1cccc(C2CC(C(C)C)=Cc3cccnc32)c1. The fourth-order valence-corrected chi connectivity index (χ4v) is 5.78. The van der Waals surface area contributed by atoms with Crippen molar-refractivity contribution in [2.75, 3.05) is 7.11 Å². The molecule has 2 aliphatic rings. The molecular formula is C30H31N3O2S. The number of carbonyl (C=O) groups is 1. The molecule has 6 heteroatoms. The van der Waals surface area contributed by atoms with Crippen molar-refractivity contribution in [3.63, 3.8) is 0 Å². The van der Waals surface area contributed by atoms with Crippen molar-refractivity contribution in [3.05, 3.63) is 105 Å². The van der Waals surface area contributed by atoms with Crippen LogP contribution < -0.4 is 0 Å². The van der Waals surface area contributed by atoms with Gasteiger partial charge in [-0.1, -0.05) is 84.1 Å². The van der Waals surface area contributed by atoms with Crippen molar-refractivity contribution in [2.45, 2.75) is 50.9 Å². The summed E-state index contributed by atoms with van der Waals surface area (Å²) in [5.74, 6) is 0.376. The van der Waals surface area contributed by atoms with Crippen molar-refractivity contribution in [1.82, 2.24) is 14.6 Å². The normalized spacial score (nSPS) is 19.9. The molecule has 0 aliphatic heterocycles. The maximum atomic E-state index is 13.0. The molecule has 3 atom stereocenters. The first-order valence-electron chi connectivity index (χ1n) is 12.5. The molecule has 2 aromatic heterocycles. The van der Waals surface area contributed by atoms with E-state index >= 15 is 0 Å². The van der Waals surface area contributed by atoms with Gasteiger partial charge in [0, 0.05) is 18.0 Å². The summed E-state index contributed by atoms with van der Waals surface area (Å²) in [6.07, 6.45) is 15.0. The molecule has 0 spiro atoms.